The van der Waals surface area contributed by atoms with Gasteiger partial charge in [0.2, 0.25) is 0 Å². The lowest BCUT2D eigenvalue weighted by Crippen LogP contribution is -2.03. The van der Waals surface area contributed by atoms with E-state index in [0.717, 1.165) is 11.3 Å². The SMILES string of the molecule is COc1ccccc1CC(Cl)c1c(F)cccc1OC. The molecule has 0 fully saturated rings. The highest BCUT2D eigenvalue weighted by Gasteiger charge is 2.20. The van der Waals surface area contributed by atoms with Crippen molar-refractivity contribution < 1.29 is 13.9 Å². The predicted molar refractivity (Wildman–Crippen MR) is 78.2 cm³/mol. The third-order valence-corrected chi connectivity index (χ3v) is 3.51. The van der Waals surface area contributed by atoms with Gasteiger partial charge >= 0.3 is 0 Å². The Labute approximate surface area is 123 Å². The van der Waals surface area contributed by atoms with Gasteiger partial charge in [-0.1, -0.05) is 24.3 Å². The van der Waals surface area contributed by atoms with Crippen LogP contribution in [-0.2, 0) is 6.42 Å². The zero-order valence-corrected chi connectivity index (χ0v) is 12.2. The highest BCUT2D eigenvalue weighted by molar-refractivity contribution is 6.21. The number of rotatable bonds is 5. The smallest absolute Gasteiger partial charge is 0.131 e. The van der Waals surface area contributed by atoms with Crippen molar-refractivity contribution in [2.45, 2.75) is 11.8 Å². The van der Waals surface area contributed by atoms with Crippen LogP contribution in [0.5, 0.6) is 11.5 Å². The molecule has 4 heteroatoms. The van der Waals surface area contributed by atoms with Crippen molar-refractivity contribution in [3.05, 3.63) is 59.4 Å². The lowest BCUT2D eigenvalue weighted by molar-refractivity contribution is 0.401. The van der Waals surface area contributed by atoms with Gasteiger partial charge in [-0.25, -0.2) is 4.39 Å². The summed E-state index contributed by atoms with van der Waals surface area (Å²) in [5.74, 6) is 0.840. The Kier molecular flexibility index (Phi) is 4.85. The first-order valence-corrected chi connectivity index (χ1v) is 6.69. The summed E-state index contributed by atoms with van der Waals surface area (Å²) in [7, 11) is 3.11. The van der Waals surface area contributed by atoms with E-state index in [1.165, 1.54) is 13.2 Å². The summed E-state index contributed by atoms with van der Waals surface area (Å²) in [6.45, 7) is 0. The number of hydrogen-bond acceptors (Lipinski definition) is 2. The van der Waals surface area contributed by atoms with Crippen LogP contribution in [-0.4, -0.2) is 14.2 Å². The summed E-state index contributed by atoms with van der Waals surface area (Å²) in [5, 5.41) is -0.526. The molecule has 1 unspecified atom stereocenters. The first-order valence-electron chi connectivity index (χ1n) is 6.25. The number of alkyl halides is 1. The third kappa shape index (κ3) is 3.05. The molecule has 0 saturated carbocycles. The Morgan fingerprint density at radius 1 is 1.00 bits per heavy atom. The number of halogens is 2. The van der Waals surface area contributed by atoms with Gasteiger partial charge in [0, 0.05) is 5.56 Å². The molecule has 0 saturated heterocycles. The minimum Gasteiger partial charge on any atom is -0.496 e. The molecule has 0 aromatic heterocycles. The quantitative estimate of drug-likeness (QED) is 0.763. The van der Waals surface area contributed by atoms with E-state index in [1.807, 2.05) is 24.3 Å². The molecule has 2 nitrogen and oxygen atoms in total. The molecule has 0 radical (unpaired) electrons. The summed E-state index contributed by atoms with van der Waals surface area (Å²) in [6.07, 6.45) is 0.461. The molecule has 0 N–H and O–H groups in total. The first-order chi connectivity index (χ1) is 9.67. The Morgan fingerprint density at radius 2 is 1.65 bits per heavy atom. The van der Waals surface area contributed by atoms with Crippen LogP contribution in [0.25, 0.3) is 0 Å². The molecule has 0 heterocycles. The Morgan fingerprint density at radius 3 is 2.35 bits per heavy atom. The zero-order chi connectivity index (χ0) is 14.5. The van der Waals surface area contributed by atoms with Gasteiger partial charge in [-0.05, 0) is 30.2 Å². The first kappa shape index (κ1) is 14.7. The largest absolute Gasteiger partial charge is 0.496 e. The van der Waals surface area contributed by atoms with Crippen LogP contribution in [0.1, 0.15) is 16.5 Å². The van der Waals surface area contributed by atoms with Crippen LogP contribution < -0.4 is 9.47 Å². The minimum absolute atomic E-state index is 0.362. The van der Waals surface area contributed by atoms with E-state index in [4.69, 9.17) is 21.1 Å². The van der Waals surface area contributed by atoms with E-state index < -0.39 is 5.38 Å². The molecule has 106 valence electrons. The molecule has 2 aromatic carbocycles. The molecule has 0 spiro atoms. The summed E-state index contributed by atoms with van der Waals surface area (Å²) < 4.78 is 24.4. The lowest BCUT2D eigenvalue weighted by atomic mass is 10.0. The van der Waals surface area contributed by atoms with Crippen molar-refractivity contribution in [1.82, 2.24) is 0 Å². The van der Waals surface area contributed by atoms with Crippen molar-refractivity contribution in [2.75, 3.05) is 14.2 Å². The fraction of sp³-hybridized carbons (Fsp3) is 0.250. The van der Waals surface area contributed by atoms with E-state index in [1.54, 1.807) is 19.2 Å². The second-order valence-corrected chi connectivity index (χ2v) is 4.87. The lowest BCUT2D eigenvalue weighted by Gasteiger charge is -2.16. The van der Waals surface area contributed by atoms with Gasteiger partial charge in [0.1, 0.15) is 17.3 Å². The van der Waals surface area contributed by atoms with Crippen LogP contribution in [0.15, 0.2) is 42.5 Å². The highest BCUT2D eigenvalue weighted by atomic mass is 35.5. The van der Waals surface area contributed by atoms with Crippen LogP contribution in [0.3, 0.4) is 0 Å². The van der Waals surface area contributed by atoms with Gasteiger partial charge in [-0.2, -0.15) is 0 Å². The van der Waals surface area contributed by atoms with Crippen molar-refractivity contribution >= 4 is 11.6 Å². The molecule has 0 aliphatic rings. The van der Waals surface area contributed by atoms with Crippen LogP contribution in [0.2, 0.25) is 0 Å². The summed E-state index contributed by atoms with van der Waals surface area (Å²) >= 11 is 6.38. The second kappa shape index (κ2) is 6.62. The summed E-state index contributed by atoms with van der Waals surface area (Å²) in [4.78, 5) is 0. The van der Waals surface area contributed by atoms with Gasteiger partial charge in [-0.15, -0.1) is 11.6 Å². The Bertz CT molecular complexity index is 586. The molecule has 1 atom stereocenters. The molecule has 0 bridgehead atoms. The minimum atomic E-state index is -0.526. The molecule has 20 heavy (non-hydrogen) atoms. The van der Waals surface area contributed by atoms with Gasteiger partial charge in [0.05, 0.1) is 19.6 Å². The molecule has 0 amide bonds. The predicted octanol–water partition coefficient (Wildman–Crippen LogP) is 4.37. The highest BCUT2D eigenvalue weighted by Crippen LogP contribution is 2.36. The molecule has 2 aromatic rings. The summed E-state index contributed by atoms with van der Waals surface area (Å²) in [5.41, 5.74) is 1.31. The topological polar surface area (TPSA) is 18.5 Å². The average molecular weight is 295 g/mol. The van der Waals surface area contributed by atoms with Crippen molar-refractivity contribution in [2.24, 2.45) is 0 Å². The zero-order valence-electron chi connectivity index (χ0n) is 11.4. The average Bonchev–Trinajstić information content (AvgIpc) is 2.47. The van der Waals surface area contributed by atoms with Crippen molar-refractivity contribution in [3.63, 3.8) is 0 Å². The fourth-order valence-corrected chi connectivity index (χ4v) is 2.54. The molecule has 0 aliphatic carbocycles. The molecular weight excluding hydrogens is 279 g/mol. The van der Waals surface area contributed by atoms with E-state index in [0.29, 0.717) is 17.7 Å². The maximum absolute atomic E-state index is 14.0. The number of benzene rings is 2. The maximum atomic E-state index is 14.0. The van der Waals surface area contributed by atoms with Crippen LogP contribution >= 0.6 is 11.6 Å². The maximum Gasteiger partial charge on any atom is 0.131 e. The fourth-order valence-electron chi connectivity index (χ4n) is 2.17. The normalized spacial score (nSPS) is 12.0. The Balaban J connectivity index is 2.31. The second-order valence-electron chi connectivity index (χ2n) is 4.34. The molecular formula is C16H16ClFO2. The van der Waals surface area contributed by atoms with Crippen molar-refractivity contribution in [1.29, 1.82) is 0 Å². The van der Waals surface area contributed by atoms with Gasteiger partial charge < -0.3 is 9.47 Å². The molecule has 2 rings (SSSR count). The van der Waals surface area contributed by atoms with E-state index in [9.17, 15) is 4.39 Å². The standard InChI is InChI=1S/C16H16ClFO2/c1-19-14-8-4-3-6-11(14)10-12(17)16-13(18)7-5-9-15(16)20-2/h3-9,12H,10H2,1-2H3. The van der Waals surface area contributed by atoms with Crippen LogP contribution in [0.4, 0.5) is 4.39 Å². The van der Waals surface area contributed by atoms with E-state index >= 15 is 0 Å². The van der Waals surface area contributed by atoms with E-state index in [-0.39, 0.29) is 5.82 Å². The van der Waals surface area contributed by atoms with E-state index in [2.05, 4.69) is 0 Å². The van der Waals surface area contributed by atoms with Crippen LogP contribution in [0, 0.1) is 5.82 Å². The number of ether oxygens (including phenoxy) is 2. The molecule has 0 aliphatic heterocycles. The number of hydrogen-bond donors (Lipinski definition) is 0. The number of methoxy groups -OCH3 is 2. The monoisotopic (exact) mass is 294 g/mol. The van der Waals surface area contributed by atoms with Crippen molar-refractivity contribution in [3.8, 4) is 11.5 Å². The Hall–Kier alpha value is -1.74. The number of para-hydroxylation sites is 1. The summed E-state index contributed by atoms with van der Waals surface area (Å²) in [6, 6.07) is 12.3. The van der Waals surface area contributed by atoms with Gasteiger partial charge in [0.25, 0.3) is 0 Å². The van der Waals surface area contributed by atoms with Gasteiger partial charge in [0.15, 0.2) is 0 Å². The third-order valence-electron chi connectivity index (χ3n) is 3.14. The van der Waals surface area contributed by atoms with Gasteiger partial charge in [-0.3, -0.25) is 0 Å².